The molecule has 0 unspecified atom stereocenters. The minimum Gasteiger partial charge on any atom is -0.494 e. The van der Waals surface area contributed by atoms with E-state index in [4.69, 9.17) is 13.6 Å². The van der Waals surface area contributed by atoms with Crippen molar-refractivity contribution in [3.8, 4) is 28.7 Å². The number of ketones is 1. The van der Waals surface area contributed by atoms with Crippen molar-refractivity contribution in [1.29, 1.82) is 0 Å². The molecule has 0 aliphatic carbocycles. The van der Waals surface area contributed by atoms with Crippen molar-refractivity contribution in [2.45, 2.75) is 12.1 Å². The van der Waals surface area contributed by atoms with Crippen molar-refractivity contribution in [3.63, 3.8) is 0 Å². The number of thioether (sulfide) groups is 1. The molecule has 0 bridgehead atoms. The fraction of sp³-hybridized carbons (Fsp3) is 0.143. The maximum absolute atomic E-state index is 12.5. The third-order valence-electron chi connectivity index (χ3n) is 4.00. The van der Waals surface area contributed by atoms with Crippen molar-refractivity contribution >= 4 is 17.5 Å². The van der Waals surface area contributed by atoms with Crippen LogP contribution < -0.4 is 4.74 Å². The van der Waals surface area contributed by atoms with Crippen LogP contribution in [0.5, 0.6) is 5.75 Å². The van der Waals surface area contributed by atoms with Gasteiger partial charge in [-0.25, -0.2) is 4.98 Å². The Kier molecular flexibility index (Phi) is 5.71. The summed E-state index contributed by atoms with van der Waals surface area (Å²) in [4.78, 5) is 17.0. The van der Waals surface area contributed by atoms with Gasteiger partial charge in [0, 0.05) is 5.56 Å². The number of benzene rings is 1. The molecule has 0 spiro atoms. The Morgan fingerprint density at radius 1 is 0.966 bits per heavy atom. The number of nitrogens with zero attached hydrogens (tertiary/aromatic N) is 3. The Hall–Kier alpha value is -3.39. The first-order chi connectivity index (χ1) is 14.2. The molecule has 29 heavy (non-hydrogen) atoms. The highest BCUT2D eigenvalue weighted by Gasteiger charge is 2.18. The molecule has 4 aromatic rings. The van der Waals surface area contributed by atoms with Crippen molar-refractivity contribution < 1.29 is 18.4 Å². The van der Waals surface area contributed by atoms with Crippen LogP contribution in [0.4, 0.5) is 0 Å². The minimum absolute atomic E-state index is 0.0312. The molecule has 146 valence electrons. The summed E-state index contributed by atoms with van der Waals surface area (Å²) in [7, 11) is 0. The Bertz CT molecular complexity index is 1080. The van der Waals surface area contributed by atoms with Crippen LogP contribution in [-0.4, -0.2) is 33.3 Å². The molecule has 0 radical (unpaired) electrons. The molecule has 0 atom stereocenters. The van der Waals surface area contributed by atoms with Crippen molar-refractivity contribution in [2.24, 2.45) is 0 Å². The summed E-state index contributed by atoms with van der Waals surface area (Å²) in [5.41, 5.74) is 1.59. The monoisotopic (exact) mass is 407 g/mol. The molecule has 0 saturated carbocycles. The number of furan rings is 2. The van der Waals surface area contributed by atoms with Crippen molar-refractivity contribution in [3.05, 3.63) is 66.6 Å². The second-order valence-electron chi connectivity index (χ2n) is 5.92. The number of carbonyl (C=O) groups is 1. The molecule has 0 amide bonds. The summed E-state index contributed by atoms with van der Waals surface area (Å²) < 4.78 is 16.3. The maximum Gasteiger partial charge on any atom is 0.210 e. The first-order valence-electron chi connectivity index (χ1n) is 8.96. The first kappa shape index (κ1) is 18.9. The molecular weight excluding hydrogens is 390 g/mol. The molecule has 0 fully saturated rings. The normalized spacial score (nSPS) is 10.8. The Labute approximate surface area is 171 Å². The van der Waals surface area contributed by atoms with E-state index < -0.39 is 0 Å². The zero-order chi connectivity index (χ0) is 20.1. The average molecular weight is 407 g/mol. The summed E-state index contributed by atoms with van der Waals surface area (Å²) >= 11 is 1.22. The molecule has 0 aliphatic heterocycles. The van der Waals surface area contributed by atoms with Crippen LogP contribution >= 0.6 is 11.8 Å². The molecule has 1 aromatic carbocycles. The lowest BCUT2D eigenvalue weighted by atomic mass is 10.1. The summed E-state index contributed by atoms with van der Waals surface area (Å²) in [5, 5.41) is 8.76. The number of carbonyl (C=O) groups excluding carboxylic acids is 1. The summed E-state index contributed by atoms with van der Waals surface area (Å²) in [6.07, 6.45) is 3.12. The molecule has 3 aromatic heterocycles. The molecule has 8 heteroatoms. The second kappa shape index (κ2) is 8.74. The zero-order valence-electron chi connectivity index (χ0n) is 15.6. The smallest absolute Gasteiger partial charge is 0.210 e. The highest BCUT2D eigenvalue weighted by atomic mass is 32.2. The van der Waals surface area contributed by atoms with E-state index in [0.29, 0.717) is 40.2 Å². The lowest BCUT2D eigenvalue weighted by molar-refractivity contribution is 0.102. The van der Waals surface area contributed by atoms with Crippen LogP contribution in [0.2, 0.25) is 0 Å². The number of hydrogen-bond acceptors (Lipinski definition) is 8. The Balaban J connectivity index is 1.52. The highest BCUT2D eigenvalue weighted by Crippen LogP contribution is 2.30. The average Bonchev–Trinajstić information content (AvgIpc) is 3.47. The third-order valence-corrected chi connectivity index (χ3v) is 4.83. The highest BCUT2D eigenvalue weighted by molar-refractivity contribution is 7.99. The summed E-state index contributed by atoms with van der Waals surface area (Å²) in [6, 6.07) is 14.2. The summed E-state index contributed by atoms with van der Waals surface area (Å²) in [6.45, 7) is 2.50. The van der Waals surface area contributed by atoms with Crippen LogP contribution in [0.15, 0.2) is 75.0 Å². The fourth-order valence-corrected chi connectivity index (χ4v) is 3.34. The molecule has 4 rings (SSSR count). The van der Waals surface area contributed by atoms with Gasteiger partial charge in [-0.3, -0.25) is 4.79 Å². The third kappa shape index (κ3) is 4.38. The van der Waals surface area contributed by atoms with Gasteiger partial charge in [0.1, 0.15) is 11.4 Å². The van der Waals surface area contributed by atoms with E-state index in [1.54, 1.807) is 61.1 Å². The van der Waals surface area contributed by atoms with E-state index in [-0.39, 0.29) is 11.5 Å². The van der Waals surface area contributed by atoms with Gasteiger partial charge in [0.25, 0.3) is 0 Å². The zero-order valence-corrected chi connectivity index (χ0v) is 16.4. The molecule has 3 heterocycles. The van der Waals surface area contributed by atoms with E-state index in [1.807, 2.05) is 6.92 Å². The van der Waals surface area contributed by atoms with Gasteiger partial charge in [0.05, 0.1) is 24.9 Å². The van der Waals surface area contributed by atoms with E-state index in [0.717, 1.165) is 5.75 Å². The van der Waals surface area contributed by atoms with E-state index in [1.165, 1.54) is 11.8 Å². The second-order valence-corrected chi connectivity index (χ2v) is 6.86. The van der Waals surface area contributed by atoms with Gasteiger partial charge in [-0.05, 0) is 55.5 Å². The Morgan fingerprint density at radius 2 is 1.66 bits per heavy atom. The van der Waals surface area contributed by atoms with E-state index >= 15 is 0 Å². The molecule has 0 aliphatic rings. The van der Waals surface area contributed by atoms with Crippen LogP contribution in [-0.2, 0) is 0 Å². The number of Topliss-reactive ketones (excluding diaryl/α,β-unsaturated/α-hetero) is 1. The first-order valence-corrected chi connectivity index (χ1v) is 9.94. The standard InChI is InChI=1S/C21H17N3O4S/c1-2-26-15-9-7-14(8-10-15)16(25)13-29-21-22-19(17-5-3-11-27-17)20(23-24-21)18-6-4-12-28-18/h3-12H,2,13H2,1H3. The minimum atomic E-state index is -0.0312. The quantitative estimate of drug-likeness (QED) is 0.305. The van der Waals surface area contributed by atoms with Crippen LogP contribution in [0.1, 0.15) is 17.3 Å². The van der Waals surface area contributed by atoms with Gasteiger partial charge in [-0.15, -0.1) is 10.2 Å². The van der Waals surface area contributed by atoms with E-state index in [9.17, 15) is 4.79 Å². The molecule has 0 N–H and O–H groups in total. The van der Waals surface area contributed by atoms with Gasteiger partial charge < -0.3 is 13.6 Å². The van der Waals surface area contributed by atoms with Crippen LogP contribution in [0, 0.1) is 0 Å². The lowest BCUT2D eigenvalue weighted by Crippen LogP contribution is -2.05. The molecular formula is C21H17N3O4S. The SMILES string of the molecule is CCOc1ccc(C(=O)CSc2nnc(-c3ccco3)c(-c3ccco3)n2)cc1. The topological polar surface area (TPSA) is 91.2 Å². The number of ether oxygens (including phenoxy) is 1. The molecule has 0 saturated heterocycles. The van der Waals surface area contributed by atoms with Crippen molar-refractivity contribution in [1.82, 2.24) is 15.2 Å². The van der Waals surface area contributed by atoms with Gasteiger partial charge in [-0.2, -0.15) is 0 Å². The number of aromatic nitrogens is 3. The van der Waals surface area contributed by atoms with E-state index in [2.05, 4.69) is 15.2 Å². The number of hydrogen-bond donors (Lipinski definition) is 0. The predicted molar refractivity (Wildman–Crippen MR) is 108 cm³/mol. The number of rotatable bonds is 8. The fourth-order valence-electron chi connectivity index (χ4n) is 2.65. The predicted octanol–water partition coefficient (Wildman–Crippen LogP) is 4.77. The van der Waals surface area contributed by atoms with Crippen LogP contribution in [0.25, 0.3) is 22.9 Å². The van der Waals surface area contributed by atoms with Gasteiger partial charge in [0.2, 0.25) is 5.16 Å². The largest absolute Gasteiger partial charge is 0.494 e. The van der Waals surface area contributed by atoms with Gasteiger partial charge in [-0.1, -0.05) is 11.8 Å². The molecule has 7 nitrogen and oxygen atoms in total. The maximum atomic E-state index is 12.5. The lowest BCUT2D eigenvalue weighted by Gasteiger charge is -2.06. The van der Waals surface area contributed by atoms with Gasteiger partial charge >= 0.3 is 0 Å². The van der Waals surface area contributed by atoms with Gasteiger partial charge in [0.15, 0.2) is 23.0 Å². The summed E-state index contributed by atoms with van der Waals surface area (Å²) in [5.74, 6) is 1.98. The van der Waals surface area contributed by atoms with Crippen LogP contribution in [0.3, 0.4) is 0 Å². The Morgan fingerprint density at radius 3 is 2.28 bits per heavy atom. The van der Waals surface area contributed by atoms with Crippen molar-refractivity contribution in [2.75, 3.05) is 12.4 Å².